The Kier molecular flexibility index (Phi) is 7.91. The van der Waals surface area contributed by atoms with E-state index in [1.807, 2.05) is 64.9 Å². The first kappa shape index (κ1) is 27.9. The molecule has 1 saturated heterocycles. The van der Waals surface area contributed by atoms with Crippen molar-refractivity contribution in [2.75, 3.05) is 13.7 Å². The fourth-order valence-corrected chi connectivity index (χ4v) is 6.37. The number of amides is 1. The quantitative estimate of drug-likeness (QED) is 0.231. The highest BCUT2D eigenvalue weighted by Gasteiger charge is 2.46. The van der Waals surface area contributed by atoms with Crippen LogP contribution in [0.4, 0.5) is 0 Å². The highest BCUT2D eigenvalue weighted by atomic mass is 16.5. The Labute approximate surface area is 246 Å². The van der Waals surface area contributed by atoms with E-state index < -0.39 is 5.97 Å². The van der Waals surface area contributed by atoms with Gasteiger partial charge in [0.1, 0.15) is 5.56 Å². The predicted octanol–water partition coefficient (Wildman–Crippen LogP) is 6.00. The second kappa shape index (κ2) is 11.9. The summed E-state index contributed by atoms with van der Waals surface area (Å²) in [5.74, 6) is -0.0428. The molecule has 9 heteroatoms. The number of esters is 1. The van der Waals surface area contributed by atoms with Gasteiger partial charge in [-0.1, -0.05) is 42.8 Å². The number of ether oxygens (including phenoxy) is 1. The molecule has 2 aliphatic rings. The average molecular weight is 567 g/mol. The SMILES string of the molecule is CCC[C@@H]1CCCCN1C(=O)c1cccc(-c2cccc(-n3ncc(C(=O)OC)c3[C@H]3C[C@@H]3c3cn(CC)nn3)c2)c1. The van der Waals surface area contributed by atoms with Crippen molar-refractivity contribution in [1.82, 2.24) is 29.7 Å². The van der Waals surface area contributed by atoms with E-state index in [2.05, 4.69) is 33.3 Å². The van der Waals surface area contributed by atoms with E-state index >= 15 is 0 Å². The van der Waals surface area contributed by atoms with Crippen LogP contribution in [-0.2, 0) is 11.3 Å². The fraction of sp³-hybridized carbons (Fsp3) is 0.424. The molecule has 42 heavy (non-hydrogen) atoms. The summed E-state index contributed by atoms with van der Waals surface area (Å²) in [5.41, 5.74) is 5.72. The molecule has 1 aliphatic heterocycles. The van der Waals surface area contributed by atoms with E-state index in [1.165, 1.54) is 13.5 Å². The molecule has 3 heterocycles. The number of rotatable bonds is 9. The number of benzene rings is 2. The van der Waals surface area contributed by atoms with E-state index in [4.69, 9.17) is 4.74 Å². The lowest BCUT2D eigenvalue weighted by Crippen LogP contribution is -2.43. The van der Waals surface area contributed by atoms with Crippen molar-refractivity contribution >= 4 is 11.9 Å². The largest absolute Gasteiger partial charge is 0.465 e. The number of hydrogen-bond acceptors (Lipinski definition) is 6. The lowest BCUT2D eigenvalue weighted by atomic mass is 9.96. The zero-order valence-electron chi connectivity index (χ0n) is 24.6. The van der Waals surface area contributed by atoms with Gasteiger partial charge in [0, 0.05) is 42.7 Å². The van der Waals surface area contributed by atoms with Crippen LogP contribution in [0.5, 0.6) is 0 Å². The topological polar surface area (TPSA) is 95.1 Å². The van der Waals surface area contributed by atoms with Crippen molar-refractivity contribution in [2.24, 2.45) is 0 Å². The Morgan fingerprint density at radius 1 is 1.02 bits per heavy atom. The van der Waals surface area contributed by atoms with Crippen LogP contribution < -0.4 is 0 Å². The fourth-order valence-electron chi connectivity index (χ4n) is 6.37. The summed E-state index contributed by atoms with van der Waals surface area (Å²) in [6.45, 7) is 5.80. The van der Waals surface area contributed by atoms with Gasteiger partial charge in [-0.15, -0.1) is 5.10 Å². The van der Waals surface area contributed by atoms with E-state index in [0.29, 0.717) is 11.6 Å². The summed E-state index contributed by atoms with van der Waals surface area (Å²) in [6.07, 6.45) is 9.89. The summed E-state index contributed by atoms with van der Waals surface area (Å²) in [7, 11) is 1.39. The number of piperidine rings is 1. The summed E-state index contributed by atoms with van der Waals surface area (Å²) in [4.78, 5) is 28.4. The highest BCUT2D eigenvalue weighted by Crippen LogP contribution is 2.55. The Morgan fingerprint density at radius 2 is 1.83 bits per heavy atom. The molecule has 3 atom stereocenters. The molecule has 1 aliphatic carbocycles. The maximum atomic E-state index is 13.6. The van der Waals surface area contributed by atoms with Crippen LogP contribution >= 0.6 is 0 Å². The van der Waals surface area contributed by atoms with E-state index in [1.54, 1.807) is 6.20 Å². The van der Waals surface area contributed by atoms with Gasteiger partial charge in [0.05, 0.1) is 30.4 Å². The average Bonchev–Trinajstić information content (AvgIpc) is 3.45. The molecular formula is C33H38N6O3. The lowest BCUT2D eigenvalue weighted by Gasteiger charge is -2.36. The zero-order valence-corrected chi connectivity index (χ0v) is 24.6. The number of likely N-dealkylation sites (tertiary alicyclic amines) is 1. The molecule has 1 amide bonds. The Balaban J connectivity index is 1.31. The van der Waals surface area contributed by atoms with E-state index in [-0.39, 0.29) is 17.7 Å². The number of aryl methyl sites for hydroxylation is 1. The van der Waals surface area contributed by atoms with Gasteiger partial charge >= 0.3 is 5.97 Å². The number of methoxy groups -OCH3 is 1. The third-order valence-corrected chi connectivity index (χ3v) is 8.66. The molecule has 2 aromatic heterocycles. The monoisotopic (exact) mass is 566 g/mol. The van der Waals surface area contributed by atoms with Gasteiger partial charge in [-0.3, -0.25) is 9.48 Å². The third kappa shape index (κ3) is 5.35. The number of hydrogen-bond donors (Lipinski definition) is 0. The molecule has 0 radical (unpaired) electrons. The van der Waals surface area contributed by atoms with Gasteiger partial charge in [0.2, 0.25) is 0 Å². The number of carbonyl (C=O) groups excluding carboxylic acids is 2. The van der Waals surface area contributed by atoms with Gasteiger partial charge in [-0.2, -0.15) is 5.10 Å². The Bertz CT molecular complexity index is 1590. The second-order valence-corrected chi connectivity index (χ2v) is 11.4. The van der Waals surface area contributed by atoms with Crippen molar-refractivity contribution < 1.29 is 14.3 Å². The first-order valence-corrected chi connectivity index (χ1v) is 15.1. The predicted molar refractivity (Wildman–Crippen MR) is 160 cm³/mol. The van der Waals surface area contributed by atoms with E-state index in [0.717, 1.165) is 79.0 Å². The molecule has 1 saturated carbocycles. The number of nitrogens with zero attached hydrogens (tertiary/aromatic N) is 6. The third-order valence-electron chi connectivity index (χ3n) is 8.66. The molecule has 4 aromatic rings. The smallest absolute Gasteiger partial charge is 0.341 e. The van der Waals surface area contributed by atoms with Gasteiger partial charge in [-0.25, -0.2) is 9.48 Å². The minimum Gasteiger partial charge on any atom is -0.465 e. The summed E-state index contributed by atoms with van der Waals surface area (Å²) in [6, 6.07) is 16.3. The van der Waals surface area contributed by atoms with Gasteiger partial charge in [-0.05, 0) is 74.4 Å². The summed E-state index contributed by atoms with van der Waals surface area (Å²) in [5, 5.41) is 13.2. The van der Waals surface area contributed by atoms with Crippen molar-refractivity contribution in [3.8, 4) is 16.8 Å². The van der Waals surface area contributed by atoms with Crippen molar-refractivity contribution in [1.29, 1.82) is 0 Å². The molecule has 0 spiro atoms. The molecule has 9 nitrogen and oxygen atoms in total. The molecule has 218 valence electrons. The highest BCUT2D eigenvalue weighted by molar-refractivity contribution is 5.96. The minimum absolute atomic E-state index is 0.0776. The Morgan fingerprint density at radius 3 is 2.60 bits per heavy atom. The number of carbonyl (C=O) groups is 2. The molecule has 0 bridgehead atoms. The Hall–Kier alpha value is -4.27. The second-order valence-electron chi connectivity index (χ2n) is 11.4. The van der Waals surface area contributed by atoms with Crippen molar-refractivity contribution in [2.45, 2.75) is 76.8 Å². The molecular weight excluding hydrogens is 528 g/mol. The summed E-state index contributed by atoms with van der Waals surface area (Å²) >= 11 is 0. The number of aromatic nitrogens is 5. The van der Waals surface area contributed by atoms with Gasteiger partial charge in [0.25, 0.3) is 5.91 Å². The van der Waals surface area contributed by atoms with Gasteiger partial charge in [0.15, 0.2) is 0 Å². The first-order chi connectivity index (χ1) is 20.5. The minimum atomic E-state index is -0.402. The summed E-state index contributed by atoms with van der Waals surface area (Å²) < 4.78 is 8.78. The standard InChI is InChI=1S/C33H38N6O3/c1-4-10-25-14-6-7-16-38(25)32(40)24-13-8-11-22(17-24)23-12-9-15-26(18-23)39-31(29(20-34-39)33(41)42-3)28-19-27(28)30-21-37(5-2)36-35-30/h8-9,11-13,15,17-18,20-21,25,27-28H,4-7,10,14,16,19H2,1-3H3/t25-,27+,28+/m1/s1. The lowest BCUT2D eigenvalue weighted by molar-refractivity contribution is 0.0592. The van der Waals surface area contributed by atoms with Crippen LogP contribution in [0.1, 0.15) is 96.3 Å². The molecule has 2 aromatic carbocycles. The maximum Gasteiger partial charge on any atom is 0.341 e. The maximum absolute atomic E-state index is 13.6. The van der Waals surface area contributed by atoms with Crippen LogP contribution in [0.25, 0.3) is 16.8 Å². The normalized spacial score (nSPS) is 20.0. The van der Waals surface area contributed by atoms with E-state index in [9.17, 15) is 9.59 Å². The molecule has 0 unspecified atom stereocenters. The molecule has 0 N–H and O–H groups in total. The van der Waals surface area contributed by atoms with Crippen LogP contribution in [0.15, 0.2) is 60.9 Å². The van der Waals surface area contributed by atoms with Crippen molar-refractivity contribution in [3.05, 3.63) is 83.4 Å². The van der Waals surface area contributed by atoms with Crippen LogP contribution in [0.2, 0.25) is 0 Å². The first-order valence-electron chi connectivity index (χ1n) is 15.1. The molecule has 2 fully saturated rings. The molecule has 6 rings (SSSR count). The van der Waals surface area contributed by atoms with Crippen molar-refractivity contribution in [3.63, 3.8) is 0 Å². The van der Waals surface area contributed by atoms with Crippen LogP contribution in [0.3, 0.4) is 0 Å². The van der Waals surface area contributed by atoms with Gasteiger partial charge < -0.3 is 9.64 Å². The zero-order chi connectivity index (χ0) is 29.2. The van der Waals surface area contributed by atoms with Crippen LogP contribution in [0, 0.1) is 0 Å². The van der Waals surface area contributed by atoms with Crippen LogP contribution in [-0.4, -0.2) is 61.2 Å².